The Balaban J connectivity index is 1.59. The lowest BCUT2D eigenvalue weighted by atomic mass is 10.3. The smallest absolute Gasteiger partial charge is 0.0489 e. The van der Waals surface area contributed by atoms with Gasteiger partial charge in [0.05, 0.1) is 0 Å². The van der Waals surface area contributed by atoms with Crippen molar-refractivity contribution in [1.29, 1.82) is 0 Å². The summed E-state index contributed by atoms with van der Waals surface area (Å²) in [5.74, 6) is 0. The highest BCUT2D eigenvalue weighted by molar-refractivity contribution is 5.09. The Morgan fingerprint density at radius 1 is 1.38 bits per heavy atom. The van der Waals surface area contributed by atoms with Crippen molar-refractivity contribution in [2.75, 3.05) is 6.54 Å². The van der Waals surface area contributed by atoms with E-state index in [2.05, 4.69) is 33.4 Å². The summed E-state index contributed by atoms with van der Waals surface area (Å²) in [5.41, 5.74) is 1.33. The molecule has 0 spiro atoms. The third kappa shape index (κ3) is 3.24. The normalized spacial score (nSPS) is 10.8. The van der Waals surface area contributed by atoms with E-state index in [1.165, 1.54) is 5.56 Å². The predicted octanol–water partition coefficient (Wildman–Crippen LogP) is 1.40. The molecule has 0 aliphatic rings. The molecule has 0 aliphatic heterocycles. The third-order valence-electron chi connectivity index (χ3n) is 2.52. The van der Waals surface area contributed by atoms with Crippen LogP contribution in [0.3, 0.4) is 0 Å². The number of hydrogen-bond donors (Lipinski definition) is 1. The molecule has 0 unspecified atom stereocenters. The van der Waals surface area contributed by atoms with Gasteiger partial charge in [0.1, 0.15) is 0 Å². The van der Waals surface area contributed by atoms with Gasteiger partial charge in [-0.3, -0.25) is 4.68 Å². The monoisotopic (exact) mass is 218 g/mol. The van der Waals surface area contributed by atoms with Gasteiger partial charge < -0.3 is 9.88 Å². The molecule has 2 rings (SSSR count). The zero-order chi connectivity index (χ0) is 11.2. The van der Waals surface area contributed by atoms with Gasteiger partial charge in [0.25, 0.3) is 0 Å². The van der Waals surface area contributed by atoms with Crippen LogP contribution in [-0.2, 0) is 20.1 Å². The maximum Gasteiger partial charge on any atom is 0.0489 e. The Kier molecular flexibility index (Phi) is 3.77. The molecule has 0 radical (unpaired) electrons. The van der Waals surface area contributed by atoms with Gasteiger partial charge >= 0.3 is 0 Å². The average Bonchev–Trinajstić information content (AvgIpc) is 2.89. The van der Waals surface area contributed by atoms with Crippen molar-refractivity contribution in [3.63, 3.8) is 0 Å². The van der Waals surface area contributed by atoms with Gasteiger partial charge in [0.2, 0.25) is 0 Å². The molecular formula is C12H18N4. The Hall–Kier alpha value is -1.55. The lowest BCUT2D eigenvalue weighted by Gasteiger charge is -2.03. The SMILES string of the molecule is Cn1ccc(CNCCCn2cccn2)c1. The van der Waals surface area contributed by atoms with Crippen molar-refractivity contribution >= 4 is 0 Å². The van der Waals surface area contributed by atoms with Crippen molar-refractivity contribution in [3.05, 3.63) is 42.5 Å². The molecule has 0 fully saturated rings. The molecule has 16 heavy (non-hydrogen) atoms. The fourth-order valence-electron chi connectivity index (χ4n) is 1.70. The topological polar surface area (TPSA) is 34.8 Å². The number of rotatable bonds is 6. The molecule has 0 bridgehead atoms. The number of nitrogens with zero attached hydrogens (tertiary/aromatic N) is 3. The summed E-state index contributed by atoms with van der Waals surface area (Å²) >= 11 is 0. The quantitative estimate of drug-likeness (QED) is 0.744. The molecule has 1 N–H and O–H groups in total. The van der Waals surface area contributed by atoms with Gasteiger partial charge in [-0.2, -0.15) is 5.10 Å². The van der Waals surface area contributed by atoms with Gasteiger partial charge in [-0.15, -0.1) is 0 Å². The fraction of sp³-hybridized carbons (Fsp3) is 0.417. The molecule has 2 aromatic rings. The van der Waals surface area contributed by atoms with Gasteiger partial charge in [0.15, 0.2) is 0 Å². The Morgan fingerprint density at radius 2 is 2.31 bits per heavy atom. The lowest BCUT2D eigenvalue weighted by Crippen LogP contribution is -2.16. The van der Waals surface area contributed by atoms with Crippen LogP contribution in [0.25, 0.3) is 0 Å². The molecule has 2 aromatic heterocycles. The minimum atomic E-state index is 0.944. The van der Waals surface area contributed by atoms with Crippen LogP contribution in [0, 0.1) is 0 Å². The second-order valence-corrected chi connectivity index (χ2v) is 3.98. The molecule has 0 saturated carbocycles. The van der Waals surface area contributed by atoms with Crippen LogP contribution in [0.15, 0.2) is 36.9 Å². The fourth-order valence-corrected chi connectivity index (χ4v) is 1.70. The van der Waals surface area contributed by atoms with E-state index in [0.29, 0.717) is 0 Å². The summed E-state index contributed by atoms with van der Waals surface area (Å²) in [5, 5.41) is 7.58. The van der Waals surface area contributed by atoms with E-state index < -0.39 is 0 Å². The molecule has 0 atom stereocenters. The summed E-state index contributed by atoms with van der Waals surface area (Å²) in [6.45, 7) is 2.95. The van der Waals surface area contributed by atoms with E-state index in [1.54, 1.807) is 0 Å². The number of hydrogen-bond acceptors (Lipinski definition) is 2. The lowest BCUT2D eigenvalue weighted by molar-refractivity contribution is 0.543. The molecule has 4 nitrogen and oxygen atoms in total. The van der Waals surface area contributed by atoms with Crippen molar-refractivity contribution in [2.45, 2.75) is 19.5 Å². The maximum atomic E-state index is 4.16. The molecule has 0 aliphatic carbocycles. The molecule has 0 amide bonds. The van der Waals surface area contributed by atoms with E-state index in [-0.39, 0.29) is 0 Å². The van der Waals surface area contributed by atoms with Crippen LogP contribution in [-0.4, -0.2) is 20.9 Å². The van der Waals surface area contributed by atoms with Crippen LogP contribution in [0.1, 0.15) is 12.0 Å². The average molecular weight is 218 g/mol. The van der Waals surface area contributed by atoms with Crippen LogP contribution in [0.5, 0.6) is 0 Å². The minimum absolute atomic E-state index is 0.944. The Morgan fingerprint density at radius 3 is 3.00 bits per heavy atom. The van der Waals surface area contributed by atoms with E-state index in [1.807, 2.05) is 30.2 Å². The Bertz CT molecular complexity index is 402. The third-order valence-corrected chi connectivity index (χ3v) is 2.52. The van der Waals surface area contributed by atoms with Crippen LogP contribution < -0.4 is 5.32 Å². The van der Waals surface area contributed by atoms with Gasteiger partial charge in [-0.25, -0.2) is 0 Å². The van der Waals surface area contributed by atoms with Gasteiger partial charge in [-0.05, 0) is 30.7 Å². The summed E-state index contributed by atoms with van der Waals surface area (Å²) in [6, 6.07) is 4.10. The Labute approximate surface area is 95.9 Å². The van der Waals surface area contributed by atoms with E-state index in [0.717, 1.165) is 26.1 Å². The highest BCUT2D eigenvalue weighted by atomic mass is 15.3. The molecule has 2 heterocycles. The predicted molar refractivity (Wildman–Crippen MR) is 64.0 cm³/mol. The maximum absolute atomic E-state index is 4.16. The van der Waals surface area contributed by atoms with Crippen molar-refractivity contribution in [3.8, 4) is 0 Å². The summed E-state index contributed by atoms with van der Waals surface area (Å²) in [7, 11) is 2.04. The first-order valence-corrected chi connectivity index (χ1v) is 5.63. The van der Waals surface area contributed by atoms with Crippen LogP contribution in [0.4, 0.5) is 0 Å². The van der Waals surface area contributed by atoms with E-state index in [4.69, 9.17) is 0 Å². The molecular weight excluding hydrogens is 200 g/mol. The second kappa shape index (κ2) is 5.51. The van der Waals surface area contributed by atoms with Gasteiger partial charge in [-0.1, -0.05) is 0 Å². The van der Waals surface area contributed by atoms with Crippen LogP contribution in [0.2, 0.25) is 0 Å². The highest BCUT2D eigenvalue weighted by Crippen LogP contribution is 1.98. The molecule has 86 valence electrons. The second-order valence-electron chi connectivity index (χ2n) is 3.98. The number of nitrogens with one attached hydrogen (secondary N) is 1. The zero-order valence-electron chi connectivity index (χ0n) is 9.63. The zero-order valence-corrected chi connectivity index (χ0v) is 9.63. The molecule has 0 aromatic carbocycles. The first-order chi connectivity index (χ1) is 7.84. The summed E-state index contributed by atoms with van der Waals surface area (Å²) in [6.07, 6.45) is 9.13. The van der Waals surface area contributed by atoms with E-state index in [9.17, 15) is 0 Å². The minimum Gasteiger partial charge on any atom is -0.357 e. The van der Waals surface area contributed by atoms with Gasteiger partial charge in [0, 0.05) is 44.9 Å². The number of aryl methyl sites for hydroxylation is 2. The standard InChI is InChI=1S/C12H18N4/c1-15-9-4-12(11-15)10-13-5-2-7-16-8-3-6-14-16/h3-4,6,8-9,11,13H,2,5,7,10H2,1H3. The largest absolute Gasteiger partial charge is 0.357 e. The highest BCUT2D eigenvalue weighted by Gasteiger charge is 1.94. The summed E-state index contributed by atoms with van der Waals surface area (Å²) in [4.78, 5) is 0. The van der Waals surface area contributed by atoms with Crippen LogP contribution >= 0.6 is 0 Å². The van der Waals surface area contributed by atoms with Crippen molar-refractivity contribution < 1.29 is 0 Å². The first-order valence-electron chi connectivity index (χ1n) is 5.63. The first kappa shape index (κ1) is 11.0. The number of aromatic nitrogens is 3. The summed E-state index contributed by atoms with van der Waals surface area (Å²) < 4.78 is 4.03. The van der Waals surface area contributed by atoms with Crippen molar-refractivity contribution in [1.82, 2.24) is 19.7 Å². The molecule has 0 saturated heterocycles. The van der Waals surface area contributed by atoms with Crippen molar-refractivity contribution in [2.24, 2.45) is 7.05 Å². The van der Waals surface area contributed by atoms with E-state index >= 15 is 0 Å². The molecule has 4 heteroatoms.